The number of rotatable bonds is 4. The van der Waals surface area contributed by atoms with Crippen molar-refractivity contribution >= 4 is 17.0 Å². The van der Waals surface area contributed by atoms with E-state index in [1.807, 2.05) is 0 Å². The third kappa shape index (κ3) is 4.98. The number of aromatic nitrogens is 2. The van der Waals surface area contributed by atoms with E-state index in [1.165, 1.54) is 22.8 Å². The third-order valence-corrected chi connectivity index (χ3v) is 4.77. The van der Waals surface area contributed by atoms with Crippen LogP contribution in [0, 0.1) is 0 Å². The molecule has 1 fully saturated rings. The van der Waals surface area contributed by atoms with Gasteiger partial charge in [0.05, 0.1) is 10.9 Å². The number of hydrogen-bond acceptors (Lipinski definition) is 5. The SMILES string of the molecule is CC(C)(C)OC(=O)N1CCC(n2c(=O)[nH]c(=O)c3cc(OCC(F)F)ccc32)CC1. The van der Waals surface area contributed by atoms with E-state index in [4.69, 9.17) is 9.47 Å². The van der Waals surface area contributed by atoms with Gasteiger partial charge in [-0.2, -0.15) is 0 Å². The second-order valence-electron chi connectivity index (χ2n) is 8.21. The van der Waals surface area contributed by atoms with Crippen molar-refractivity contribution in [1.82, 2.24) is 14.5 Å². The van der Waals surface area contributed by atoms with Gasteiger partial charge >= 0.3 is 11.8 Å². The summed E-state index contributed by atoms with van der Waals surface area (Å²) in [5.74, 6) is 0.123. The van der Waals surface area contributed by atoms with Gasteiger partial charge in [-0.25, -0.2) is 18.4 Å². The predicted octanol–water partition coefficient (Wildman–Crippen LogP) is 2.91. The number of piperidine rings is 1. The van der Waals surface area contributed by atoms with Gasteiger partial charge < -0.3 is 14.4 Å². The molecule has 164 valence electrons. The van der Waals surface area contributed by atoms with Crippen LogP contribution in [0.15, 0.2) is 27.8 Å². The Kier molecular flexibility index (Phi) is 6.14. The highest BCUT2D eigenvalue weighted by Gasteiger charge is 2.29. The molecule has 1 amide bonds. The van der Waals surface area contributed by atoms with Crippen LogP contribution in [0.25, 0.3) is 10.9 Å². The molecule has 3 rings (SSSR count). The minimum absolute atomic E-state index is 0.123. The molecule has 0 aliphatic carbocycles. The van der Waals surface area contributed by atoms with Crippen molar-refractivity contribution in [3.05, 3.63) is 39.0 Å². The minimum Gasteiger partial charge on any atom is -0.488 e. The highest BCUT2D eigenvalue weighted by molar-refractivity contribution is 5.79. The van der Waals surface area contributed by atoms with E-state index in [2.05, 4.69) is 4.98 Å². The summed E-state index contributed by atoms with van der Waals surface area (Å²) in [6, 6.07) is 4.09. The third-order valence-electron chi connectivity index (χ3n) is 4.77. The molecular formula is C20H25F2N3O5. The number of likely N-dealkylation sites (tertiary alicyclic amines) is 1. The average Bonchev–Trinajstić information content (AvgIpc) is 2.65. The lowest BCUT2D eigenvalue weighted by molar-refractivity contribution is 0.0188. The number of amides is 1. The Morgan fingerprint density at radius 3 is 2.50 bits per heavy atom. The number of benzene rings is 1. The van der Waals surface area contributed by atoms with Gasteiger partial charge in [0.2, 0.25) is 0 Å². The second kappa shape index (κ2) is 8.45. The van der Waals surface area contributed by atoms with Gasteiger partial charge in [0.15, 0.2) is 0 Å². The number of aromatic amines is 1. The lowest BCUT2D eigenvalue weighted by Crippen LogP contribution is -2.44. The summed E-state index contributed by atoms with van der Waals surface area (Å²) in [6.07, 6.45) is -2.03. The van der Waals surface area contributed by atoms with Crippen LogP contribution in [0.2, 0.25) is 0 Å². The molecule has 2 heterocycles. The number of alkyl halides is 2. The number of fused-ring (bicyclic) bond motifs is 1. The molecule has 1 aromatic heterocycles. The molecule has 0 bridgehead atoms. The summed E-state index contributed by atoms with van der Waals surface area (Å²) in [6.45, 7) is 5.41. The van der Waals surface area contributed by atoms with Crippen molar-refractivity contribution in [3.63, 3.8) is 0 Å². The van der Waals surface area contributed by atoms with Gasteiger partial charge in [-0.1, -0.05) is 0 Å². The zero-order chi connectivity index (χ0) is 22.1. The topological polar surface area (TPSA) is 93.6 Å². The van der Waals surface area contributed by atoms with Gasteiger partial charge in [0.25, 0.3) is 12.0 Å². The van der Waals surface area contributed by atoms with Crippen LogP contribution in [0.3, 0.4) is 0 Å². The number of nitrogens with zero attached hydrogens (tertiary/aromatic N) is 2. The smallest absolute Gasteiger partial charge is 0.410 e. The number of halogens is 2. The van der Waals surface area contributed by atoms with Crippen molar-refractivity contribution < 1.29 is 23.0 Å². The van der Waals surface area contributed by atoms with Crippen molar-refractivity contribution in [1.29, 1.82) is 0 Å². The lowest BCUT2D eigenvalue weighted by atomic mass is 10.0. The van der Waals surface area contributed by atoms with Crippen molar-refractivity contribution in [2.24, 2.45) is 0 Å². The van der Waals surface area contributed by atoms with E-state index in [9.17, 15) is 23.2 Å². The van der Waals surface area contributed by atoms with Crippen molar-refractivity contribution in [2.45, 2.75) is 51.7 Å². The second-order valence-corrected chi connectivity index (χ2v) is 8.21. The fourth-order valence-corrected chi connectivity index (χ4v) is 3.49. The van der Waals surface area contributed by atoms with Crippen LogP contribution in [0.5, 0.6) is 5.75 Å². The standard InChI is InChI=1S/C20H25F2N3O5/c1-20(2,3)30-19(28)24-8-6-12(7-9-24)25-15-5-4-13(29-11-16(21)22)10-14(15)17(26)23-18(25)27/h4-5,10,12,16H,6-9,11H2,1-3H3,(H,23,26,27). The van der Waals surface area contributed by atoms with E-state index in [1.54, 1.807) is 25.7 Å². The lowest BCUT2D eigenvalue weighted by Gasteiger charge is -2.34. The summed E-state index contributed by atoms with van der Waals surface area (Å²) in [5, 5.41) is 0.177. The van der Waals surface area contributed by atoms with Crippen LogP contribution in [0.4, 0.5) is 13.6 Å². The largest absolute Gasteiger partial charge is 0.488 e. The monoisotopic (exact) mass is 425 g/mol. The van der Waals surface area contributed by atoms with Gasteiger partial charge in [-0.05, 0) is 51.8 Å². The van der Waals surface area contributed by atoms with E-state index in [-0.39, 0.29) is 17.2 Å². The first-order valence-corrected chi connectivity index (χ1v) is 9.72. The molecule has 1 saturated heterocycles. The van der Waals surface area contributed by atoms with Crippen molar-refractivity contribution in [3.8, 4) is 5.75 Å². The quantitative estimate of drug-likeness (QED) is 0.813. The molecule has 2 aromatic rings. The molecular weight excluding hydrogens is 400 g/mol. The maximum atomic E-state index is 12.5. The number of carbonyl (C=O) groups excluding carboxylic acids is 1. The molecule has 30 heavy (non-hydrogen) atoms. The normalized spacial score (nSPS) is 15.6. The molecule has 0 saturated carbocycles. The summed E-state index contributed by atoms with van der Waals surface area (Å²) >= 11 is 0. The van der Waals surface area contributed by atoms with E-state index >= 15 is 0 Å². The molecule has 0 spiro atoms. The molecule has 0 atom stereocenters. The van der Waals surface area contributed by atoms with Crippen LogP contribution in [0.1, 0.15) is 39.7 Å². The summed E-state index contributed by atoms with van der Waals surface area (Å²) in [7, 11) is 0. The molecule has 1 aliphatic rings. The molecule has 8 nitrogen and oxygen atoms in total. The van der Waals surface area contributed by atoms with Crippen LogP contribution >= 0.6 is 0 Å². The summed E-state index contributed by atoms with van der Waals surface area (Å²) in [4.78, 5) is 40.9. The number of nitrogens with one attached hydrogen (secondary N) is 1. The molecule has 0 radical (unpaired) electrons. The molecule has 1 N–H and O–H groups in total. The predicted molar refractivity (Wildman–Crippen MR) is 106 cm³/mol. The van der Waals surface area contributed by atoms with E-state index < -0.39 is 36.0 Å². The van der Waals surface area contributed by atoms with Crippen LogP contribution in [-0.4, -0.2) is 52.3 Å². The number of ether oxygens (including phenoxy) is 2. The van der Waals surface area contributed by atoms with Crippen LogP contribution < -0.4 is 16.0 Å². The number of carbonyl (C=O) groups is 1. The Labute approximate surface area is 171 Å². The highest BCUT2D eigenvalue weighted by atomic mass is 19.3. The van der Waals surface area contributed by atoms with Crippen molar-refractivity contribution in [2.75, 3.05) is 19.7 Å². The Hall–Kier alpha value is -2.91. The van der Waals surface area contributed by atoms with Crippen LogP contribution in [-0.2, 0) is 4.74 Å². The highest BCUT2D eigenvalue weighted by Crippen LogP contribution is 2.26. The van der Waals surface area contributed by atoms with Gasteiger partial charge in [-0.15, -0.1) is 0 Å². The first-order valence-electron chi connectivity index (χ1n) is 9.72. The average molecular weight is 425 g/mol. The minimum atomic E-state index is -2.64. The number of H-pyrrole nitrogens is 1. The fraction of sp³-hybridized carbons (Fsp3) is 0.550. The Morgan fingerprint density at radius 1 is 1.23 bits per heavy atom. The number of hydrogen-bond donors (Lipinski definition) is 1. The Morgan fingerprint density at radius 2 is 1.90 bits per heavy atom. The van der Waals surface area contributed by atoms with Gasteiger partial charge in [-0.3, -0.25) is 14.3 Å². The molecule has 10 heteroatoms. The summed E-state index contributed by atoms with van der Waals surface area (Å²) in [5.41, 5.74) is -1.36. The first-order chi connectivity index (χ1) is 14.0. The molecule has 1 aliphatic heterocycles. The first kappa shape index (κ1) is 21.8. The zero-order valence-corrected chi connectivity index (χ0v) is 17.1. The Bertz CT molecular complexity index is 1030. The van der Waals surface area contributed by atoms with Gasteiger partial charge in [0.1, 0.15) is 18.0 Å². The zero-order valence-electron chi connectivity index (χ0n) is 17.1. The molecule has 0 unspecified atom stereocenters. The molecule has 1 aromatic carbocycles. The maximum absolute atomic E-state index is 12.5. The van der Waals surface area contributed by atoms with E-state index in [0.29, 0.717) is 31.4 Å². The van der Waals surface area contributed by atoms with E-state index in [0.717, 1.165) is 0 Å². The van der Waals surface area contributed by atoms with Gasteiger partial charge in [0, 0.05) is 19.1 Å². The fourth-order valence-electron chi connectivity index (χ4n) is 3.49. The Balaban J connectivity index is 1.83. The maximum Gasteiger partial charge on any atom is 0.410 e. The summed E-state index contributed by atoms with van der Waals surface area (Å²) < 4.78 is 36.6.